The molecular formula is C13H20N2O2S. The van der Waals surface area contributed by atoms with Crippen LogP contribution in [0.4, 0.5) is 0 Å². The molecule has 2 rings (SSSR count). The molecule has 0 amide bonds. The fraction of sp³-hybridized carbons (Fsp3) is 0.538. The molecule has 1 N–H and O–H groups in total. The summed E-state index contributed by atoms with van der Waals surface area (Å²) in [6.07, 6.45) is 1.28. The summed E-state index contributed by atoms with van der Waals surface area (Å²) in [4.78, 5) is 2.76. The van der Waals surface area contributed by atoms with E-state index in [1.54, 1.807) is 6.07 Å². The van der Waals surface area contributed by atoms with E-state index in [2.05, 4.69) is 10.2 Å². The summed E-state index contributed by atoms with van der Waals surface area (Å²) < 4.78 is 23.6. The first-order chi connectivity index (χ1) is 8.47. The fourth-order valence-electron chi connectivity index (χ4n) is 2.25. The predicted octanol–water partition coefficient (Wildman–Crippen LogP) is 0.804. The number of nitrogens with one attached hydrogen (secondary N) is 1. The Bertz CT molecular complexity index is 520. The Hall–Kier alpha value is -0.910. The third-order valence-electron chi connectivity index (χ3n) is 3.23. The second-order valence-electron chi connectivity index (χ2n) is 4.91. The van der Waals surface area contributed by atoms with Crippen LogP contribution in [-0.4, -0.2) is 45.8 Å². The third-order valence-corrected chi connectivity index (χ3v) is 4.40. The molecule has 0 unspecified atom stereocenters. The Morgan fingerprint density at radius 3 is 2.56 bits per heavy atom. The average molecular weight is 268 g/mol. The van der Waals surface area contributed by atoms with Crippen molar-refractivity contribution in [2.24, 2.45) is 0 Å². The van der Waals surface area contributed by atoms with E-state index >= 15 is 0 Å². The molecular weight excluding hydrogens is 248 g/mol. The number of rotatable bonds is 3. The van der Waals surface area contributed by atoms with E-state index in [1.165, 1.54) is 6.26 Å². The van der Waals surface area contributed by atoms with Gasteiger partial charge in [-0.25, -0.2) is 8.42 Å². The van der Waals surface area contributed by atoms with E-state index in [-0.39, 0.29) is 0 Å². The van der Waals surface area contributed by atoms with Crippen molar-refractivity contribution in [3.05, 3.63) is 29.3 Å². The van der Waals surface area contributed by atoms with Crippen molar-refractivity contribution >= 4 is 9.84 Å². The van der Waals surface area contributed by atoms with Crippen LogP contribution in [0, 0.1) is 6.92 Å². The Morgan fingerprint density at radius 1 is 1.28 bits per heavy atom. The molecule has 1 aromatic rings. The first-order valence-electron chi connectivity index (χ1n) is 6.19. The molecule has 0 saturated carbocycles. The van der Waals surface area contributed by atoms with Crippen LogP contribution in [0.15, 0.2) is 23.1 Å². The zero-order valence-electron chi connectivity index (χ0n) is 10.9. The van der Waals surface area contributed by atoms with Gasteiger partial charge in [0.1, 0.15) is 0 Å². The molecule has 0 aliphatic carbocycles. The number of piperazine rings is 1. The van der Waals surface area contributed by atoms with Crippen LogP contribution in [0.2, 0.25) is 0 Å². The van der Waals surface area contributed by atoms with Crippen molar-refractivity contribution in [2.75, 3.05) is 32.4 Å². The standard InChI is InChI=1S/C13H20N2O2S/c1-11-3-4-12(13(9-11)18(2,16)17)10-15-7-5-14-6-8-15/h3-4,9,14H,5-8,10H2,1-2H3. The van der Waals surface area contributed by atoms with Gasteiger partial charge in [0.25, 0.3) is 0 Å². The van der Waals surface area contributed by atoms with E-state index in [4.69, 9.17) is 0 Å². The van der Waals surface area contributed by atoms with Gasteiger partial charge in [-0.05, 0) is 24.1 Å². The van der Waals surface area contributed by atoms with Gasteiger partial charge in [-0.15, -0.1) is 0 Å². The smallest absolute Gasteiger partial charge is 0.175 e. The lowest BCUT2D eigenvalue weighted by Crippen LogP contribution is -2.43. The van der Waals surface area contributed by atoms with Gasteiger partial charge >= 0.3 is 0 Å². The minimum absolute atomic E-state index is 0.473. The molecule has 0 aromatic heterocycles. The topological polar surface area (TPSA) is 49.4 Å². The molecule has 0 bridgehead atoms. The molecule has 100 valence electrons. The first kappa shape index (κ1) is 13.5. The van der Waals surface area contributed by atoms with Gasteiger partial charge in [0, 0.05) is 39.0 Å². The highest BCUT2D eigenvalue weighted by molar-refractivity contribution is 7.90. The predicted molar refractivity (Wildman–Crippen MR) is 72.4 cm³/mol. The highest BCUT2D eigenvalue weighted by atomic mass is 32.2. The van der Waals surface area contributed by atoms with Gasteiger partial charge in [0.2, 0.25) is 0 Å². The maximum absolute atomic E-state index is 11.8. The third kappa shape index (κ3) is 3.31. The van der Waals surface area contributed by atoms with Gasteiger partial charge in [0.05, 0.1) is 4.90 Å². The second-order valence-corrected chi connectivity index (χ2v) is 6.89. The molecule has 4 nitrogen and oxygen atoms in total. The average Bonchev–Trinajstić information content (AvgIpc) is 2.31. The number of nitrogens with zero attached hydrogens (tertiary/aromatic N) is 1. The van der Waals surface area contributed by atoms with E-state index < -0.39 is 9.84 Å². The summed E-state index contributed by atoms with van der Waals surface area (Å²) in [6.45, 7) is 6.52. The molecule has 1 fully saturated rings. The van der Waals surface area contributed by atoms with E-state index in [0.717, 1.165) is 37.3 Å². The summed E-state index contributed by atoms with van der Waals surface area (Å²) in [5.74, 6) is 0. The molecule has 5 heteroatoms. The lowest BCUT2D eigenvalue weighted by molar-refractivity contribution is 0.231. The van der Waals surface area contributed by atoms with Crippen molar-refractivity contribution in [2.45, 2.75) is 18.4 Å². The first-order valence-corrected chi connectivity index (χ1v) is 8.08. The highest BCUT2D eigenvalue weighted by Crippen LogP contribution is 2.19. The lowest BCUT2D eigenvalue weighted by atomic mass is 10.1. The molecule has 0 spiro atoms. The Kier molecular flexibility index (Phi) is 4.04. The number of aryl methyl sites for hydroxylation is 1. The summed E-state index contributed by atoms with van der Waals surface area (Å²) in [6, 6.07) is 5.69. The van der Waals surface area contributed by atoms with Gasteiger partial charge in [0.15, 0.2) is 9.84 Å². The van der Waals surface area contributed by atoms with Gasteiger partial charge in [-0.1, -0.05) is 12.1 Å². The number of hydrogen-bond donors (Lipinski definition) is 1. The monoisotopic (exact) mass is 268 g/mol. The summed E-state index contributed by atoms with van der Waals surface area (Å²) in [7, 11) is -3.15. The second kappa shape index (κ2) is 5.38. The molecule has 18 heavy (non-hydrogen) atoms. The maximum Gasteiger partial charge on any atom is 0.175 e. The molecule has 0 atom stereocenters. The quantitative estimate of drug-likeness (QED) is 0.881. The normalized spacial score (nSPS) is 17.9. The zero-order valence-corrected chi connectivity index (χ0v) is 11.8. The molecule has 1 aliphatic heterocycles. The van der Waals surface area contributed by atoms with Crippen LogP contribution < -0.4 is 5.32 Å². The highest BCUT2D eigenvalue weighted by Gasteiger charge is 2.17. The van der Waals surface area contributed by atoms with Crippen LogP contribution in [-0.2, 0) is 16.4 Å². The van der Waals surface area contributed by atoms with Gasteiger partial charge in [-0.3, -0.25) is 4.90 Å². The molecule has 1 heterocycles. The molecule has 0 radical (unpaired) electrons. The van der Waals surface area contributed by atoms with Crippen LogP contribution in [0.5, 0.6) is 0 Å². The SMILES string of the molecule is Cc1ccc(CN2CCNCC2)c(S(C)(=O)=O)c1. The van der Waals surface area contributed by atoms with Crippen LogP contribution in [0.25, 0.3) is 0 Å². The maximum atomic E-state index is 11.8. The van der Waals surface area contributed by atoms with Crippen LogP contribution in [0.1, 0.15) is 11.1 Å². The number of benzene rings is 1. The molecule has 1 saturated heterocycles. The van der Waals surface area contributed by atoms with E-state index in [1.807, 2.05) is 19.1 Å². The summed E-state index contributed by atoms with van der Waals surface area (Å²) >= 11 is 0. The Balaban J connectivity index is 2.26. The van der Waals surface area contributed by atoms with E-state index in [0.29, 0.717) is 11.4 Å². The van der Waals surface area contributed by atoms with Crippen molar-refractivity contribution in [1.29, 1.82) is 0 Å². The Morgan fingerprint density at radius 2 is 1.94 bits per heavy atom. The van der Waals surface area contributed by atoms with Gasteiger partial charge in [-0.2, -0.15) is 0 Å². The fourth-order valence-corrected chi connectivity index (χ4v) is 3.26. The molecule has 1 aliphatic rings. The number of sulfone groups is 1. The zero-order chi connectivity index (χ0) is 13.2. The van der Waals surface area contributed by atoms with Crippen molar-refractivity contribution in [1.82, 2.24) is 10.2 Å². The van der Waals surface area contributed by atoms with Gasteiger partial charge < -0.3 is 5.32 Å². The van der Waals surface area contributed by atoms with Crippen molar-refractivity contribution < 1.29 is 8.42 Å². The minimum Gasteiger partial charge on any atom is -0.314 e. The van der Waals surface area contributed by atoms with Crippen LogP contribution in [0.3, 0.4) is 0 Å². The lowest BCUT2D eigenvalue weighted by Gasteiger charge is -2.27. The largest absolute Gasteiger partial charge is 0.314 e. The minimum atomic E-state index is -3.15. The molecule has 1 aromatic carbocycles. The van der Waals surface area contributed by atoms with E-state index in [9.17, 15) is 8.42 Å². The number of hydrogen-bond acceptors (Lipinski definition) is 4. The van der Waals surface area contributed by atoms with Crippen molar-refractivity contribution in [3.8, 4) is 0 Å². The summed E-state index contributed by atoms with van der Waals surface area (Å²) in [5, 5.41) is 3.29. The van der Waals surface area contributed by atoms with Crippen LogP contribution >= 0.6 is 0 Å². The Labute approximate surface area is 109 Å². The van der Waals surface area contributed by atoms with Crippen molar-refractivity contribution in [3.63, 3.8) is 0 Å². The summed E-state index contributed by atoms with van der Waals surface area (Å²) in [5.41, 5.74) is 1.89.